The van der Waals surface area contributed by atoms with Crippen molar-refractivity contribution in [1.29, 1.82) is 0 Å². The molecule has 4 rings (SSSR count). The number of aromatic hydroxyl groups is 1. The first kappa shape index (κ1) is 28.6. The molecule has 0 amide bonds. The van der Waals surface area contributed by atoms with E-state index in [4.69, 9.17) is 0 Å². The Hall–Kier alpha value is -4.45. The summed E-state index contributed by atoms with van der Waals surface area (Å²) >= 11 is 0. The molecule has 0 aliphatic heterocycles. The van der Waals surface area contributed by atoms with E-state index in [0.29, 0.717) is 0 Å². The highest BCUT2D eigenvalue weighted by Crippen LogP contribution is 2.45. The SMILES string of the molecule is CS(=O)(=O)c1cc([N+](=O)[O-])ccc1N=Nc1cc(O)c2ccccc2c1N(S(=O)(=O)O)S(=O)(=O)c1ccccc1. The van der Waals surface area contributed by atoms with Crippen molar-refractivity contribution in [3.63, 3.8) is 0 Å². The lowest BCUT2D eigenvalue weighted by Gasteiger charge is -2.23. The number of sulfonamides is 1. The van der Waals surface area contributed by atoms with Gasteiger partial charge in [-0.25, -0.2) is 8.42 Å². The molecule has 0 bridgehead atoms. The van der Waals surface area contributed by atoms with E-state index < -0.39 is 73.4 Å². The van der Waals surface area contributed by atoms with Gasteiger partial charge in [-0.1, -0.05) is 42.5 Å². The molecule has 0 aliphatic rings. The number of sulfone groups is 1. The normalized spacial score (nSPS) is 12.6. The van der Waals surface area contributed by atoms with Crippen LogP contribution in [0.15, 0.2) is 98.9 Å². The summed E-state index contributed by atoms with van der Waals surface area (Å²) in [6.45, 7) is 0. The third-order valence-electron chi connectivity index (χ3n) is 5.44. The number of nitro groups is 1. The van der Waals surface area contributed by atoms with E-state index in [9.17, 15) is 45.0 Å². The van der Waals surface area contributed by atoms with Crippen molar-refractivity contribution in [3.05, 3.63) is 89.0 Å². The number of azo groups is 1. The van der Waals surface area contributed by atoms with Crippen molar-refractivity contribution in [2.45, 2.75) is 9.79 Å². The fraction of sp³-hybridized carbons (Fsp3) is 0.0435. The molecule has 0 heterocycles. The summed E-state index contributed by atoms with van der Waals surface area (Å²) in [5.74, 6) is -0.479. The molecule has 14 nitrogen and oxygen atoms in total. The van der Waals surface area contributed by atoms with Gasteiger partial charge in [0, 0.05) is 35.2 Å². The quantitative estimate of drug-likeness (QED) is 0.126. The van der Waals surface area contributed by atoms with Gasteiger partial charge in [-0.2, -0.15) is 16.8 Å². The Morgan fingerprint density at radius 3 is 1.95 bits per heavy atom. The second-order valence-electron chi connectivity index (χ2n) is 8.18. The molecule has 0 spiro atoms. The van der Waals surface area contributed by atoms with Gasteiger partial charge in [-0.15, -0.1) is 13.9 Å². The van der Waals surface area contributed by atoms with E-state index in [1.54, 1.807) is 0 Å². The molecule has 0 unspecified atom stereocenters. The van der Waals surface area contributed by atoms with Crippen molar-refractivity contribution in [2.75, 3.05) is 9.97 Å². The van der Waals surface area contributed by atoms with Gasteiger partial charge < -0.3 is 5.11 Å². The average molecular weight is 607 g/mol. The van der Waals surface area contributed by atoms with E-state index in [1.165, 1.54) is 42.5 Å². The summed E-state index contributed by atoms with van der Waals surface area (Å²) in [7, 11) is -14.7. The summed E-state index contributed by atoms with van der Waals surface area (Å²) in [6.07, 6.45) is 0.769. The largest absolute Gasteiger partial charge is 0.507 e. The van der Waals surface area contributed by atoms with Crippen LogP contribution in [0, 0.1) is 10.1 Å². The van der Waals surface area contributed by atoms with Gasteiger partial charge in [-0.05, 0) is 18.2 Å². The first-order valence-corrected chi connectivity index (χ1v) is 15.6. The first-order valence-electron chi connectivity index (χ1n) is 10.9. The Kier molecular flexibility index (Phi) is 7.33. The zero-order chi connectivity index (χ0) is 29.5. The summed E-state index contributed by atoms with van der Waals surface area (Å²) in [5, 5.41) is 29.2. The van der Waals surface area contributed by atoms with Gasteiger partial charge in [0.2, 0.25) is 0 Å². The van der Waals surface area contributed by atoms with E-state index >= 15 is 0 Å². The Morgan fingerprint density at radius 1 is 0.800 bits per heavy atom. The smallest absolute Gasteiger partial charge is 0.373 e. The minimum Gasteiger partial charge on any atom is -0.507 e. The van der Waals surface area contributed by atoms with Crippen LogP contribution >= 0.6 is 0 Å². The van der Waals surface area contributed by atoms with Crippen molar-refractivity contribution >= 4 is 63.7 Å². The number of non-ortho nitro benzene ring substituents is 1. The molecule has 0 aliphatic carbocycles. The Bertz CT molecular complexity index is 2010. The maximum absolute atomic E-state index is 13.5. The van der Waals surface area contributed by atoms with Gasteiger partial charge in [0.05, 0.1) is 9.82 Å². The number of fused-ring (bicyclic) bond motifs is 1. The van der Waals surface area contributed by atoms with Crippen LogP contribution in [0.2, 0.25) is 0 Å². The molecule has 4 aromatic rings. The third kappa shape index (κ3) is 5.48. The highest BCUT2D eigenvalue weighted by Gasteiger charge is 2.38. The van der Waals surface area contributed by atoms with Crippen molar-refractivity contribution in [3.8, 4) is 5.75 Å². The van der Waals surface area contributed by atoms with Gasteiger partial charge >= 0.3 is 10.3 Å². The number of hydrogen-bond acceptors (Lipinski definition) is 11. The molecule has 40 heavy (non-hydrogen) atoms. The molecule has 208 valence electrons. The van der Waals surface area contributed by atoms with E-state index in [2.05, 4.69) is 10.2 Å². The lowest BCUT2D eigenvalue weighted by Crippen LogP contribution is -2.36. The maximum atomic E-state index is 13.5. The Morgan fingerprint density at radius 2 is 1.38 bits per heavy atom. The number of rotatable bonds is 8. The molecule has 0 radical (unpaired) electrons. The van der Waals surface area contributed by atoms with Crippen molar-refractivity contribution in [2.24, 2.45) is 10.2 Å². The van der Waals surface area contributed by atoms with Crippen LogP contribution in [0.5, 0.6) is 5.75 Å². The van der Waals surface area contributed by atoms with Crippen LogP contribution in [-0.4, -0.2) is 46.1 Å². The topological polar surface area (TPSA) is 214 Å². The van der Waals surface area contributed by atoms with Gasteiger partial charge in [0.15, 0.2) is 9.84 Å². The average Bonchev–Trinajstić information content (AvgIpc) is 2.88. The fourth-order valence-electron chi connectivity index (χ4n) is 3.75. The number of hydrogen-bond donors (Lipinski definition) is 2. The number of phenolic OH excluding ortho intramolecular Hbond substituents is 1. The number of anilines is 1. The number of nitrogens with zero attached hydrogens (tertiary/aromatic N) is 4. The molecule has 0 saturated heterocycles. The molecule has 0 fully saturated rings. The standard InChI is InChI=1S/C23H18N4O10S3/c1-38(31,32)22-13-15(26(29)30)11-12-19(22)24-25-20-14-21(28)17-9-5-6-10-18(17)23(20)27(40(35,36)37)39(33,34)16-7-3-2-4-8-16/h2-14,28H,1H3,(H,35,36,37). The van der Waals surface area contributed by atoms with Gasteiger partial charge in [0.1, 0.15) is 27.7 Å². The minimum absolute atomic E-state index is 0.0134. The molecular weight excluding hydrogens is 588 g/mol. The molecule has 0 atom stereocenters. The van der Waals surface area contributed by atoms with E-state index in [-0.39, 0.29) is 14.5 Å². The van der Waals surface area contributed by atoms with Crippen LogP contribution < -0.4 is 3.71 Å². The Labute approximate surface area is 227 Å². The number of nitro benzene ring substituents is 1. The first-order chi connectivity index (χ1) is 18.6. The second kappa shape index (κ2) is 10.3. The fourth-order valence-corrected chi connectivity index (χ4v) is 7.37. The molecule has 4 aromatic carbocycles. The monoisotopic (exact) mass is 606 g/mol. The molecule has 0 aromatic heterocycles. The summed E-state index contributed by atoms with van der Waals surface area (Å²) in [5.41, 5.74) is -2.30. The predicted octanol–water partition coefficient (Wildman–Crippen LogP) is 4.27. The number of phenols is 1. The van der Waals surface area contributed by atoms with Crippen molar-refractivity contribution < 1.29 is 39.8 Å². The molecule has 0 saturated carbocycles. The highest BCUT2D eigenvalue weighted by atomic mass is 32.3. The van der Waals surface area contributed by atoms with Gasteiger partial charge in [0.25, 0.3) is 15.7 Å². The van der Waals surface area contributed by atoms with Crippen LogP contribution in [0.3, 0.4) is 0 Å². The zero-order valence-electron chi connectivity index (χ0n) is 20.2. The van der Waals surface area contributed by atoms with Crippen LogP contribution in [-0.2, 0) is 30.2 Å². The Balaban J connectivity index is 2.06. The van der Waals surface area contributed by atoms with E-state index in [1.807, 2.05) is 0 Å². The predicted molar refractivity (Wildman–Crippen MR) is 144 cm³/mol. The zero-order valence-corrected chi connectivity index (χ0v) is 22.6. The number of benzene rings is 4. The summed E-state index contributed by atoms with van der Waals surface area (Å²) in [6, 6.07) is 15.3. The third-order valence-corrected chi connectivity index (χ3v) is 9.81. The highest BCUT2D eigenvalue weighted by molar-refractivity contribution is 8.08. The summed E-state index contributed by atoms with van der Waals surface area (Å²) < 4.78 is 86.8. The molecular formula is C23H18N4O10S3. The van der Waals surface area contributed by atoms with Gasteiger partial charge in [-0.3, -0.25) is 14.7 Å². The minimum atomic E-state index is -5.59. The molecule has 2 N–H and O–H groups in total. The van der Waals surface area contributed by atoms with E-state index in [0.717, 1.165) is 42.7 Å². The second-order valence-corrected chi connectivity index (χ2v) is 13.4. The lowest BCUT2D eigenvalue weighted by atomic mass is 10.1. The van der Waals surface area contributed by atoms with Crippen LogP contribution in [0.1, 0.15) is 0 Å². The molecule has 17 heteroatoms. The lowest BCUT2D eigenvalue weighted by molar-refractivity contribution is -0.385. The van der Waals surface area contributed by atoms with Crippen LogP contribution in [0.25, 0.3) is 10.8 Å². The maximum Gasteiger partial charge on any atom is 0.373 e. The van der Waals surface area contributed by atoms with Crippen molar-refractivity contribution in [1.82, 2.24) is 0 Å². The van der Waals surface area contributed by atoms with Crippen LogP contribution in [0.4, 0.5) is 22.7 Å². The summed E-state index contributed by atoms with van der Waals surface area (Å²) in [4.78, 5) is 9.21.